The van der Waals surface area contributed by atoms with Gasteiger partial charge < -0.3 is 10.1 Å². The van der Waals surface area contributed by atoms with Gasteiger partial charge in [-0.1, -0.05) is 32.9 Å². The Kier molecular flexibility index (Phi) is 4.19. The minimum atomic E-state index is 0.329. The molecule has 1 saturated carbocycles. The molecule has 1 aromatic carbocycles. The zero-order valence-corrected chi connectivity index (χ0v) is 12.9. The molecule has 0 heterocycles. The maximum atomic E-state index is 5.47. The maximum Gasteiger partial charge on any atom is 0.122 e. The molecule has 0 aromatic heterocycles. The molecule has 1 aliphatic carbocycles. The summed E-state index contributed by atoms with van der Waals surface area (Å²) in [5, 5.41) is 3.63. The van der Waals surface area contributed by atoms with Crippen molar-refractivity contribution in [2.75, 3.05) is 20.2 Å². The molecule has 2 heteroatoms. The Balaban J connectivity index is 2.13. The molecule has 1 aromatic rings. The summed E-state index contributed by atoms with van der Waals surface area (Å²) in [4.78, 5) is 0. The molecule has 0 amide bonds. The van der Waals surface area contributed by atoms with Gasteiger partial charge in [-0.2, -0.15) is 0 Å². The SMILES string of the molecule is COc1cc(C2(CNCC(C)C)CC2C)ccc1C. The molecule has 0 saturated heterocycles. The van der Waals surface area contributed by atoms with Crippen LogP contribution in [0.2, 0.25) is 0 Å². The first kappa shape index (κ1) is 14.4. The van der Waals surface area contributed by atoms with Crippen molar-refractivity contribution in [2.45, 2.75) is 39.5 Å². The lowest BCUT2D eigenvalue weighted by Gasteiger charge is -2.20. The Morgan fingerprint density at radius 2 is 2.11 bits per heavy atom. The highest BCUT2D eigenvalue weighted by atomic mass is 16.5. The van der Waals surface area contributed by atoms with Crippen molar-refractivity contribution in [1.29, 1.82) is 0 Å². The third-order valence-corrected chi connectivity index (χ3v) is 4.43. The van der Waals surface area contributed by atoms with Crippen LogP contribution < -0.4 is 10.1 Å². The molecular weight excluding hydrogens is 234 g/mol. The summed E-state index contributed by atoms with van der Waals surface area (Å²) < 4.78 is 5.47. The molecule has 0 aliphatic heterocycles. The molecule has 0 spiro atoms. The number of hydrogen-bond acceptors (Lipinski definition) is 2. The standard InChI is InChI=1S/C17H27NO/c1-12(2)10-18-11-17(9-14(17)4)15-7-6-13(3)16(8-15)19-5/h6-8,12,14,18H,9-11H2,1-5H3. The third kappa shape index (κ3) is 2.94. The Morgan fingerprint density at radius 3 is 2.63 bits per heavy atom. The largest absolute Gasteiger partial charge is 0.496 e. The molecule has 1 aliphatic rings. The molecule has 106 valence electrons. The van der Waals surface area contributed by atoms with Crippen molar-refractivity contribution >= 4 is 0 Å². The zero-order chi connectivity index (χ0) is 14.0. The predicted octanol–water partition coefficient (Wildman–Crippen LogP) is 3.53. The lowest BCUT2D eigenvalue weighted by atomic mass is 9.92. The molecular formula is C17H27NO. The summed E-state index contributed by atoms with van der Waals surface area (Å²) in [5.74, 6) is 2.48. The van der Waals surface area contributed by atoms with E-state index < -0.39 is 0 Å². The summed E-state index contributed by atoms with van der Waals surface area (Å²) >= 11 is 0. The number of methoxy groups -OCH3 is 1. The van der Waals surface area contributed by atoms with E-state index in [2.05, 4.69) is 51.2 Å². The fourth-order valence-electron chi connectivity index (χ4n) is 2.95. The monoisotopic (exact) mass is 261 g/mol. The van der Waals surface area contributed by atoms with Gasteiger partial charge in [0.25, 0.3) is 0 Å². The lowest BCUT2D eigenvalue weighted by molar-refractivity contribution is 0.409. The van der Waals surface area contributed by atoms with E-state index in [0.29, 0.717) is 11.3 Å². The van der Waals surface area contributed by atoms with Gasteiger partial charge in [-0.15, -0.1) is 0 Å². The van der Waals surface area contributed by atoms with E-state index in [4.69, 9.17) is 4.74 Å². The van der Waals surface area contributed by atoms with Crippen molar-refractivity contribution < 1.29 is 4.74 Å². The summed E-state index contributed by atoms with van der Waals surface area (Å²) in [5.41, 5.74) is 2.97. The van der Waals surface area contributed by atoms with Gasteiger partial charge in [0.2, 0.25) is 0 Å². The van der Waals surface area contributed by atoms with Crippen LogP contribution in [-0.4, -0.2) is 20.2 Å². The first-order valence-corrected chi connectivity index (χ1v) is 7.35. The number of aryl methyl sites for hydroxylation is 1. The van der Waals surface area contributed by atoms with Crippen LogP contribution in [0, 0.1) is 18.8 Å². The topological polar surface area (TPSA) is 21.3 Å². The van der Waals surface area contributed by atoms with E-state index in [9.17, 15) is 0 Å². The van der Waals surface area contributed by atoms with E-state index in [-0.39, 0.29) is 0 Å². The van der Waals surface area contributed by atoms with E-state index in [0.717, 1.165) is 24.8 Å². The number of ether oxygens (including phenoxy) is 1. The molecule has 0 radical (unpaired) electrons. The molecule has 2 atom stereocenters. The van der Waals surface area contributed by atoms with Gasteiger partial charge in [-0.3, -0.25) is 0 Å². The second-order valence-corrected chi connectivity index (χ2v) is 6.47. The molecule has 2 rings (SSSR count). The number of hydrogen-bond donors (Lipinski definition) is 1. The average molecular weight is 261 g/mol. The molecule has 1 fully saturated rings. The Labute approximate surface area is 117 Å². The van der Waals surface area contributed by atoms with E-state index >= 15 is 0 Å². The van der Waals surface area contributed by atoms with Gasteiger partial charge >= 0.3 is 0 Å². The van der Waals surface area contributed by atoms with Crippen molar-refractivity contribution in [3.8, 4) is 5.75 Å². The maximum absolute atomic E-state index is 5.47. The fourth-order valence-corrected chi connectivity index (χ4v) is 2.95. The predicted molar refractivity (Wildman–Crippen MR) is 80.9 cm³/mol. The number of rotatable bonds is 6. The van der Waals surface area contributed by atoms with Crippen LogP contribution in [-0.2, 0) is 5.41 Å². The van der Waals surface area contributed by atoms with Gasteiger partial charge in [0.05, 0.1) is 7.11 Å². The Hall–Kier alpha value is -1.02. The molecule has 2 nitrogen and oxygen atoms in total. The van der Waals surface area contributed by atoms with Crippen LogP contribution >= 0.6 is 0 Å². The fraction of sp³-hybridized carbons (Fsp3) is 0.647. The highest BCUT2D eigenvalue weighted by molar-refractivity contribution is 5.43. The quantitative estimate of drug-likeness (QED) is 0.846. The summed E-state index contributed by atoms with van der Waals surface area (Å²) in [6.45, 7) is 11.1. The highest BCUT2D eigenvalue weighted by Gasteiger charge is 2.51. The molecule has 1 N–H and O–H groups in total. The Bertz CT molecular complexity index is 441. The van der Waals surface area contributed by atoms with E-state index in [1.807, 2.05) is 0 Å². The molecule has 19 heavy (non-hydrogen) atoms. The van der Waals surface area contributed by atoms with Crippen molar-refractivity contribution in [3.05, 3.63) is 29.3 Å². The smallest absolute Gasteiger partial charge is 0.122 e. The second-order valence-electron chi connectivity index (χ2n) is 6.47. The van der Waals surface area contributed by atoms with Gasteiger partial charge in [-0.25, -0.2) is 0 Å². The normalized spacial score (nSPS) is 25.7. The van der Waals surface area contributed by atoms with Gasteiger partial charge in [-0.05, 0) is 48.9 Å². The van der Waals surface area contributed by atoms with Gasteiger partial charge in [0.15, 0.2) is 0 Å². The van der Waals surface area contributed by atoms with Crippen LogP contribution in [0.5, 0.6) is 5.75 Å². The van der Waals surface area contributed by atoms with Gasteiger partial charge in [0.1, 0.15) is 5.75 Å². The van der Waals surface area contributed by atoms with Crippen LogP contribution in [0.4, 0.5) is 0 Å². The van der Waals surface area contributed by atoms with Crippen molar-refractivity contribution in [1.82, 2.24) is 5.32 Å². The van der Waals surface area contributed by atoms with Gasteiger partial charge in [0, 0.05) is 12.0 Å². The van der Waals surface area contributed by atoms with Crippen LogP contribution in [0.1, 0.15) is 38.3 Å². The number of nitrogens with one attached hydrogen (secondary N) is 1. The van der Waals surface area contributed by atoms with E-state index in [1.54, 1.807) is 7.11 Å². The first-order valence-electron chi connectivity index (χ1n) is 7.35. The van der Waals surface area contributed by atoms with Crippen molar-refractivity contribution in [3.63, 3.8) is 0 Å². The lowest BCUT2D eigenvalue weighted by Crippen LogP contribution is -2.31. The highest BCUT2D eigenvalue weighted by Crippen LogP contribution is 2.54. The summed E-state index contributed by atoms with van der Waals surface area (Å²) in [7, 11) is 1.76. The first-order chi connectivity index (χ1) is 8.99. The second kappa shape index (κ2) is 5.54. The molecule has 0 bridgehead atoms. The average Bonchev–Trinajstić information content (AvgIpc) is 3.01. The summed E-state index contributed by atoms with van der Waals surface area (Å²) in [6.07, 6.45) is 1.28. The van der Waals surface area contributed by atoms with E-state index in [1.165, 1.54) is 17.5 Å². The number of benzene rings is 1. The third-order valence-electron chi connectivity index (χ3n) is 4.43. The minimum Gasteiger partial charge on any atom is -0.496 e. The van der Waals surface area contributed by atoms with Crippen LogP contribution in [0.3, 0.4) is 0 Å². The summed E-state index contributed by atoms with van der Waals surface area (Å²) in [6, 6.07) is 6.69. The minimum absolute atomic E-state index is 0.329. The zero-order valence-electron chi connectivity index (χ0n) is 12.9. The van der Waals surface area contributed by atoms with Crippen LogP contribution in [0.25, 0.3) is 0 Å². The molecule has 2 unspecified atom stereocenters. The van der Waals surface area contributed by atoms with Crippen molar-refractivity contribution in [2.24, 2.45) is 11.8 Å². The van der Waals surface area contributed by atoms with Crippen LogP contribution in [0.15, 0.2) is 18.2 Å². The Morgan fingerprint density at radius 1 is 1.42 bits per heavy atom.